The molecule has 138 valence electrons. The highest BCUT2D eigenvalue weighted by Gasteiger charge is 2.08. The van der Waals surface area contributed by atoms with Crippen LogP contribution in [0.4, 0.5) is 10.1 Å². The Bertz CT molecular complexity index is 674. The monoisotopic (exact) mass is 476 g/mol. The Hall–Kier alpha value is -1.35. The van der Waals surface area contributed by atoms with Crippen molar-refractivity contribution >= 4 is 47.0 Å². The maximum atomic E-state index is 14.0. The molecule has 7 heteroatoms. The molecule has 2 N–H and O–H groups in total. The lowest BCUT2D eigenvalue weighted by Crippen LogP contribution is -2.38. The van der Waals surface area contributed by atoms with Gasteiger partial charge in [0.1, 0.15) is 5.82 Å². The molecule has 0 aliphatic carbocycles. The van der Waals surface area contributed by atoms with Crippen LogP contribution in [0.2, 0.25) is 0 Å². The highest BCUT2D eigenvalue weighted by molar-refractivity contribution is 14.0. The Balaban J connectivity index is 0.00000312. The molecular weight excluding hydrogens is 450 g/mol. The van der Waals surface area contributed by atoms with Gasteiger partial charge in [-0.3, -0.25) is 4.99 Å². The molecule has 0 bridgehead atoms. The van der Waals surface area contributed by atoms with Gasteiger partial charge in [0, 0.05) is 34.2 Å². The van der Waals surface area contributed by atoms with Gasteiger partial charge in [-0.2, -0.15) is 11.3 Å². The Morgan fingerprint density at radius 2 is 2.04 bits per heavy atom. The Kier molecular flexibility index (Phi) is 9.20. The van der Waals surface area contributed by atoms with Crippen molar-refractivity contribution in [1.29, 1.82) is 0 Å². The fourth-order valence-electron chi connectivity index (χ4n) is 2.35. The molecule has 0 saturated carbocycles. The topological polar surface area (TPSA) is 39.7 Å². The van der Waals surface area contributed by atoms with Crippen molar-refractivity contribution in [3.8, 4) is 0 Å². The third kappa shape index (κ3) is 6.47. The molecule has 0 amide bonds. The number of nitrogens with zero attached hydrogens (tertiary/aromatic N) is 2. The van der Waals surface area contributed by atoms with Crippen LogP contribution in [0.15, 0.2) is 40.0 Å². The number of hydrogen-bond acceptors (Lipinski definition) is 3. The van der Waals surface area contributed by atoms with Crippen molar-refractivity contribution < 1.29 is 4.39 Å². The van der Waals surface area contributed by atoms with E-state index in [4.69, 9.17) is 0 Å². The van der Waals surface area contributed by atoms with Gasteiger partial charge in [0.2, 0.25) is 0 Å². The minimum absolute atomic E-state index is 0. The van der Waals surface area contributed by atoms with Crippen LogP contribution in [0.3, 0.4) is 0 Å². The van der Waals surface area contributed by atoms with Gasteiger partial charge >= 0.3 is 0 Å². The summed E-state index contributed by atoms with van der Waals surface area (Å²) in [6, 6.07) is 7.42. The van der Waals surface area contributed by atoms with Gasteiger partial charge < -0.3 is 15.5 Å². The van der Waals surface area contributed by atoms with E-state index in [2.05, 4.69) is 39.4 Å². The van der Waals surface area contributed by atoms with Gasteiger partial charge in [0.25, 0.3) is 0 Å². The number of benzene rings is 1. The minimum atomic E-state index is -0.215. The number of halogens is 2. The number of nitrogens with one attached hydrogen (secondary N) is 2. The molecule has 0 fully saturated rings. The minimum Gasteiger partial charge on any atom is -0.375 e. The van der Waals surface area contributed by atoms with E-state index in [0.29, 0.717) is 24.1 Å². The molecule has 0 aliphatic rings. The van der Waals surface area contributed by atoms with E-state index in [1.807, 2.05) is 20.2 Å². The van der Waals surface area contributed by atoms with E-state index in [1.54, 1.807) is 35.4 Å². The SMILES string of the molecule is CN=C(NCc1ccc(N(C)C)c(F)c1)NCC(C)c1ccsc1.I. The van der Waals surface area contributed by atoms with E-state index in [1.165, 1.54) is 5.56 Å². The smallest absolute Gasteiger partial charge is 0.191 e. The molecule has 0 spiro atoms. The standard InChI is InChI=1S/C18H25FN4S.HI/c1-13(15-7-8-24-12-15)10-21-18(20-2)22-11-14-5-6-17(23(3)4)16(19)9-14;/h5-9,12-13H,10-11H2,1-4H3,(H2,20,21,22);1H. The lowest BCUT2D eigenvalue weighted by molar-refractivity contribution is 0.622. The van der Waals surface area contributed by atoms with Gasteiger partial charge in [-0.15, -0.1) is 24.0 Å². The second-order valence-corrected chi connectivity index (χ2v) is 6.72. The molecule has 0 radical (unpaired) electrons. The zero-order chi connectivity index (χ0) is 17.5. The van der Waals surface area contributed by atoms with Gasteiger partial charge in [-0.25, -0.2) is 4.39 Å². The van der Waals surface area contributed by atoms with Crippen LogP contribution < -0.4 is 15.5 Å². The summed E-state index contributed by atoms with van der Waals surface area (Å²) in [6.45, 7) is 3.50. The zero-order valence-corrected chi connectivity index (χ0v) is 18.2. The first-order valence-electron chi connectivity index (χ1n) is 7.93. The Morgan fingerprint density at radius 3 is 2.60 bits per heavy atom. The number of anilines is 1. The van der Waals surface area contributed by atoms with E-state index >= 15 is 0 Å². The first-order valence-corrected chi connectivity index (χ1v) is 8.88. The number of guanidine groups is 1. The molecular formula is C18H26FIN4S. The fraction of sp³-hybridized carbons (Fsp3) is 0.389. The van der Waals surface area contributed by atoms with Crippen LogP contribution in [0.5, 0.6) is 0 Å². The Labute approximate surface area is 170 Å². The summed E-state index contributed by atoms with van der Waals surface area (Å²) in [5, 5.41) is 10.8. The van der Waals surface area contributed by atoms with Crippen molar-refractivity contribution in [3.05, 3.63) is 52.0 Å². The summed E-state index contributed by atoms with van der Waals surface area (Å²) in [5.74, 6) is 0.911. The maximum absolute atomic E-state index is 14.0. The summed E-state index contributed by atoms with van der Waals surface area (Å²) in [6.07, 6.45) is 0. The third-order valence-electron chi connectivity index (χ3n) is 3.87. The largest absolute Gasteiger partial charge is 0.375 e. The Morgan fingerprint density at radius 1 is 1.28 bits per heavy atom. The number of thiophene rings is 1. The zero-order valence-electron chi connectivity index (χ0n) is 15.0. The highest BCUT2D eigenvalue weighted by Crippen LogP contribution is 2.18. The molecule has 0 aliphatic heterocycles. The van der Waals surface area contributed by atoms with Crippen LogP contribution in [-0.2, 0) is 6.54 Å². The molecule has 1 aromatic heterocycles. The summed E-state index contributed by atoms with van der Waals surface area (Å²) in [7, 11) is 5.40. The lowest BCUT2D eigenvalue weighted by atomic mass is 10.1. The number of aliphatic imine (C=N–C) groups is 1. The first kappa shape index (κ1) is 21.7. The normalized spacial score (nSPS) is 12.3. The average Bonchev–Trinajstić information content (AvgIpc) is 3.09. The van der Waals surface area contributed by atoms with Crippen molar-refractivity contribution in [2.75, 3.05) is 32.6 Å². The third-order valence-corrected chi connectivity index (χ3v) is 4.57. The molecule has 1 aromatic carbocycles. The van der Waals surface area contributed by atoms with Crippen molar-refractivity contribution in [3.63, 3.8) is 0 Å². The second-order valence-electron chi connectivity index (χ2n) is 5.94. The van der Waals surface area contributed by atoms with Gasteiger partial charge in [-0.1, -0.05) is 13.0 Å². The summed E-state index contributed by atoms with van der Waals surface area (Å²) < 4.78 is 14.0. The quantitative estimate of drug-likeness (QED) is 0.376. The number of hydrogen-bond donors (Lipinski definition) is 2. The van der Waals surface area contributed by atoms with Gasteiger partial charge in [-0.05, 0) is 46.0 Å². The molecule has 1 atom stereocenters. The molecule has 1 unspecified atom stereocenters. The van der Waals surface area contributed by atoms with Gasteiger partial charge in [0.05, 0.1) is 5.69 Å². The molecule has 0 saturated heterocycles. The number of rotatable bonds is 6. The lowest BCUT2D eigenvalue weighted by Gasteiger charge is -2.17. The van der Waals surface area contributed by atoms with E-state index in [9.17, 15) is 4.39 Å². The van der Waals surface area contributed by atoms with Crippen LogP contribution in [0.1, 0.15) is 24.0 Å². The second kappa shape index (κ2) is 10.6. The predicted molar refractivity (Wildman–Crippen MR) is 117 cm³/mol. The maximum Gasteiger partial charge on any atom is 0.191 e. The molecule has 2 aromatic rings. The summed E-state index contributed by atoms with van der Waals surface area (Å²) >= 11 is 1.71. The first-order chi connectivity index (χ1) is 11.5. The van der Waals surface area contributed by atoms with Gasteiger partial charge in [0.15, 0.2) is 5.96 Å². The van der Waals surface area contributed by atoms with Crippen molar-refractivity contribution in [2.24, 2.45) is 4.99 Å². The highest BCUT2D eigenvalue weighted by atomic mass is 127. The van der Waals surface area contributed by atoms with Crippen molar-refractivity contribution in [1.82, 2.24) is 10.6 Å². The summed E-state index contributed by atoms with van der Waals surface area (Å²) in [5.41, 5.74) is 2.79. The van der Waals surface area contributed by atoms with E-state index in [0.717, 1.165) is 12.1 Å². The van der Waals surface area contributed by atoms with Crippen molar-refractivity contribution in [2.45, 2.75) is 19.4 Å². The fourth-order valence-corrected chi connectivity index (χ4v) is 3.13. The van der Waals surface area contributed by atoms with Crippen LogP contribution >= 0.6 is 35.3 Å². The van der Waals surface area contributed by atoms with Crippen LogP contribution in [0, 0.1) is 5.82 Å². The molecule has 25 heavy (non-hydrogen) atoms. The van der Waals surface area contributed by atoms with E-state index in [-0.39, 0.29) is 29.8 Å². The molecule has 2 rings (SSSR count). The summed E-state index contributed by atoms with van der Waals surface area (Å²) in [4.78, 5) is 5.98. The average molecular weight is 476 g/mol. The van der Waals surface area contributed by atoms with E-state index < -0.39 is 0 Å². The molecule has 1 heterocycles. The predicted octanol–water partition coefficient (Wildman–Crippen LogP) is 4.04. The van der Waals surface area contributed by atoms with Crippen LogP contribution in [0.25, 0.3) is 0 Å². The van der Waals surface area contributed by atoms with Crippen LogP contribution in [-0.4, -0.2) is 33.6 Å². The molecule has 4 nitrogen and oxygen atoms in total.